The third-order valence-corrected chi connectivity index (χ3v) is 5.12. The number of anilines is 1. The first-order chi connectivity index (χ1) is 15.7. The van der Waals surface area contributed by atoms with Crippen LogP contribution >= 0.6 is 11.6 Å². The van der Waals surface area contributed by atoms with Crippen molar-refractivity contribution in [3.8, 4) is 17.2 Å². The van der Waals surface area contributed by atoms with Crippen LogP contribution in [0, 0.1) is 0 Å². The van der Waals surface area contributed by atoms with E-state index in [-0.39, 0.29) is 12.3 Å². The van der Waals surface area contributed by atoms with Gasteiger partial charge >= 0.3 is 0 Å². The zero-order chi connectivity index (χ0) is 21.9. The molecule has 8 nitrogen and oxygen atoms in total. The van der Waals surface area contributed by atoms with E-state index >= 15 is 0 Å². The molecule has 0 bridgehead atoms. The number of halogens is 1. The van der Waals surface area contributed by atoms with Gasteiger partial charge < -0.3 is 9.84 Å². The molecule has 0 aliphatic rings. The Labute approximate surface area is 187 Å². The van der Waals surface area contributed by atoms with Crippen LogP contribution < -0.4 is 5.32 Å². The van der Waals surface area contributed by atoms with Crippen molar-refractivity contribution in [2.24, 2.45) is 0 Å². The maximum atomic E-state index is 12.3. The number of nitrogens with one attached hydrogen (secondary N) is 1. The van der Waals surface area contributed by atoms with E-state index in [0.717, 1.165) is 22.4 Å². The van der Waals surface area contributed by atoms with Crippen molar-refractivity contribution in [2.75, 3.05) is 5.32 Å². The van der Waals surface area contributed by atoms with E-state index in [4.69, 9.17) is 16.1 Å². The lowest BCUT2D eigenvalue weighted by Gasteiger charge is -2.06. The Bertz CT molecular complexity index is 1380. The zero-order valence-corrected chi connectivity index (χ0v) is 17.5. The van der Waals surface area contributed by atoms with E-state index in [9.17, 15) is 4.79 Å². The number of fused-ring (bicyclic) bond motifs is 1. The Balaban J connectivity index is 1.19. The number of hydrogen-bond acceptors (Lipinski definition) is 6. The molecule has 5 rings (SSSR count). The van der Waals surface area contributed by atoms with Gasteiger partial charge in [-0.15, -0.1) is 0 Å². The lowest BCUT2D eigenvalue weighted by atomic mass is 10.2. The number of carbonyl (C=O) groups excluding carboxylic acids is 1. The van der Waals surface area contributed by atoms with Crippen molar-refractivity contribution in [3.63, 3.8) is 0 Å². The maximum Gasteiger partial charge on any atom is 0.227 e. The van der Waals surface area contributed by atoms with E-state index in [1.54, 1.807) is 30.7 Å². The van der Waals surface area contributed by atoms with Gasteiger partial charge in [-0.05, 0) is 48.5 Å². The van der Waals surface area contributed by atoms with Crippen molar-refractivity contribution in [3.05, 3.63) is 84.1 Å². The number of imidazole rings is 1. The van der Waals surface area contributed by atoms with Crippen molar-refractivity contribution >= 4 is 34.2 Å². The molecule has 0 radical (unpaired) electrons. The molecule has 1 amide bonds. The number of aromatic nitrogens is 5. The molecule has 32 heavy (non-hydrogen) atoms. The summed E-state index contributed by atoms with van der Waals surface area (Å²) in [5, 5.41) is 7.43. The Hall–Kier alpha value is -4.04. The monoisotopic (exact) mass is 444 g/mol. The van der Waals surface area contributed by atoms with Crippen LogP contribution in [-0.2, 0) is 11.2 Å². The third-order valence-electron chi connectivity index (χ3n) is 4.87. The van der Waals surface area contributed by atoms with Gasteiger partial charge in [0.1, 0.15) is 12.1 Å². The number of nitrogens with zero attached hydrogens (tertiary/aromatic N) is 5. The molecule has 0 saturated heterocycles. The summed E-state index contributed by atoms with van der Waals surface area (Å²) in [4.78, 5) is 25.5. The molecule has 2 aromatic carbocycles. The fourth-order valence-corrected chi connectivity index (χ4v) is 3.39. The fourth-order valence-electron chi connectivity index (χ4n) is 3.26. The standard InChI is InChI=1S/C23H17ClN6O2/c24-16-7-5-15(6-8-16)23-28-22(32-29-23)12-11-21(31)27-17-9-10-20(25-13-17)30-14-26-18-3-1-2-4-19(18)30/h1-10,13-14H,11-12H2,(H,27,31). The van der Waals surface area contributed by atoms with Gasteiger partial charge in [-0.3, -0.25) is 9.36 Å². The van der Waals surface area contributed by atoms with E-state index in [0.29, 0.717) is 28.8 Å². The minimum absolute atomic E-state index is 0.168. The molecule has 3 aromatic heterocycles. The number of carbonyl (C=O) groups is 1. The van der Waals surface area contributed by atoms with Gasteiger partial charge in [0.25, 0.3) is 0 Å². The van der Waals surface area contributed by atoms with Crippen LogP contribution in [0.5, 0.6) is 0 Å². The molecule has 1 N–H and O–H groups in total. The van der Waals surface area contributed by atoms with Crippen molar-refractivity contribution in [1.29, 1.82) is 0 Å². The Morgan fingerprint density at radius 3 is 2.69 bits per heavy atom. The normalized spacial score (nSPS) is 11.0. The first-order valence-corrected chi connectivity index (χ1v) is 10.3. The minimum atomic E-state index is -0.168. The first kappa shape index (κ1) is 19.9. The average molecular weight is 445 g/mol. The van der Waals surface area contributed by atoms with Crippen LogP contribution in [0.4, 0.5) is 5.69 Å². The molecule has 0 aliphatic heterocycles. The number of rotatable bonds is 6. The SMILES string of the molecule is O=C(CCc1nc(-c2ccc(Cl)cc2)no1)Nc1ccc(-n2cnc3ccccc32)nc1. The molecule has 0 saturated carbocycles. The number of benzene rings is 2. The van der Waals surface area contributed by atoms with Crippen LogP contribution in [0.25, 0.3) is 28.2 Å². The predicted molar refractivity (Wildman–Crippen MR) is 121 cm³/mol. The van der Waals surface area contributed by atoms with Crippen LogP contribution in [0.15, 0.2) is 77.7 Å². The van der Waals surface area contributed by atoms with Crippen molar-refractivity contribution < 1.29 is 9.32 Å². The van der Waals surface area contributed by atoms with Gasteiger partial charge in [0.2, 0.25) is 17.6 Å². The zero-order valence-electron chi connectivity index (χ0n) is 16.8. The van der Waals surface area contributed by atoms with Crippen LogP contribution in [0.2, 0.25) is 5.02 Å². The van der Waals surface area contributed by atoms with Crippen LogP contribution in [0.3, 0.4) is 0 Å². The van der Waals surface area contributed by atoms with E-state index in [1.807, 2.05) is 47.0 Å². The largest absolute Gasteiger partial charge is 0.339 e. The summed E-state index contributed by atoms with van der Waals surface area (Å²) >= 11 is 5.90. The summed E-state index contributed by atoms with van der Waals surface area (Å²) < 4.78 is 7.14. The number of aryl methyl sites for hydroxylation is 1. The van der Waals surface area contributed by atoms with E-state index in [2.05, 4.69) is 25.4 Å². The van der Waals surface area contributed by atoms with Gasteiger partial charge in [-0.2, -0.15) is 4.98 Å². The summed E-state index contributed by atoms with van der Waals surface area (Å²) in [6.45, 7) is 0. The summed E-state index contributed by atoms with van der Waals surface area (Å²) in [5.74, 6) is 1.41. The van der Waals surface area contributed by atoms with Gasteiger partial charge in [0.15, 0.2) is 0 Å². The molecule has 5 aromatic rings. The Morgan fingerprint density at radius 1 is 1.03 bits per heavy atom. The van der Waals surface area contributed by atoms with Gasteiger partial charge in [-0.25, -0.2) is 9.97 Å². The van der Waals surface area contributed by atoms with Crippen LogP contribution in [-0.4, -0.2) is 30.6 Å². The molecular formula is C23H17ClN6O2. The highest BCUT2D eigenvalue weighted by Crippen LogP contribution is 2.20. The fraction of sp³-hybridized carbons (Fsp3) is 0.0870. The molecule has 9 heteroatoms. The number of para-hydroxylation sites is 2. The highest BCUT2D eigenvalue weighted by Gasteiger charge is 2.12. The molecule has 158 valence electrons. The molecule has 0 unspecified atom stereocenters. The lowest BCUT2D eigenvalue weighted by Crippen LogP contribution is -2.12. The minimum Gasteiger partial charge on any atom is -0.339 e. The highest BCUT2D eigenvalue weighted by molar-refractivity contribution is 6.30. The lowest BCUT2D eigenvalue weighted by molar-refractivity contribution is -0.116. The quantitative estimate of drug-likeness (QED) is 0.407. The smallest absolute Gasteiger partial charge is 0.227 e. The second-order valence-electron chi connectivity index (χ2n) is 7.08. The summed E-state index contributed by atoms with van der Waals surface area (Å²) in [5.41, 5.74) is 3.27. The van der Waals surface area contributed by atoms with Gasteiger partial charge in [0, 0.05) is 23.4 Å². The number of amides is 1. The van der Waals surface area contributed by atoms with E-state index < -0.39 is 0 Å². The topological polar surface area (TPSA) is 98.7 Å². The van der Waals surface area contributed by atoms with Gasteiger partial charge in [0.05, 0.1) is 22.9 Å². The second-order valence-corrected chi connectivity index (χ2v) is 7.51. The molecular weight excluding hydrogens is 428 g/mol. The maximum absolute atomic E-state index is 12.3. The first-order valence-electron chi connectivity index (χ1n) is 9.92. The van der Waals surface area contributed by atoms with E-state index in [1.165, 1.54) is 0 Å². The number of hydrogen-bond donors (Lipinski definition) is 1. The Morgan fingerprint density at radius 2 is 1.88 bits per heavy atom. The molecule has 0 spiro atoms. The second kappa shape index (κ2) is 8.60. The van der Waals surface area contributed by atoms with Crippen molar-refractivity contribution in [2.45, 2.75) is 12.8 Å². The average Bonchev–Trinajstić information content (AvgIpc) is 3.46. The van der Waals surface area contributed by atoms with Gasteiger partial charge in [-0.1, -0.05) is 28.9 Å². The van der Waals surface area contributed by atoms with Crippen LogP contribution in [0.1, 0.15) is 12.3 Å². The van der Waals surface area contributed by atoms with Crippen molar-refractivity contribution in [1.82, 2.24) is 24.7 Å². The Kier molecular flexibility index (Phi) is 5.35. The molecule has 0 atom stereocenters. The third kappa shape index (κ3) is 4.21. The molecule has 0 aliphatic carbocycles. The number of pyridine rings is 1. The summed E-state index contributed by atoms with van der Waals surface area (Å²) in [6, 6.07) is 18.6. The predicted octanol–water partition coefficient (Wildman–Crippen LogP) is 4.70. The molecule has 0 fully saturated rings. The summed E-state index contributed by atoms with van der Waals surface area (Å²) in [6.07, 6.45) is 3.89. The summed E-state index contributed by atoms with van der Waals surface area (Å²) in [7, 11) is 0. The highest BCUT2D eigenvalue weighted by atomic mass is 35.5. The molecule has 3 heterocycles.